The number of nitrogens with one attached hydrogen (secondary N) is 2. The Morgan fingerprint density at radius 2 is 1.85 bits per heavy atom. The number of aromatic nitrogens is 2. The molecule has 1 aromatic carbocycles. The molecule has 0 saturated carbocycles. The van der Waals surface area contributed by atoms with Crippen molar-refractivity contribution >= 4 is 17.5 Å². The summed E-state index contributed by atoms with van der Waals surface area (Å²) in [4.78, 5) is 13.3. The third-order valence-electron chi connectivity index (χ3n) is 6.00. The number of carbonyl (C=O) groups excluding carboxylic acids is 1. The summed E-state index contributed by atoms with van der Waals surface area (Å²) < 4.78 is 16.2. The molecule has 1 aliphatic rings. The molecule has 1 amide bonds. The van der Waals surface area contributed by atoms with Crippen molar-refractivity contribution < 1.29 is 9.18 Å². The molecular formula is C26H38ClFN4O. The van der Waals surface area contributed by atoms with Crippen molar-refractivity contribution in [3.05, 3.63) is 52.6 Å². The Bertz CT molecular complexity index is 1000. The van der Waals surface area contributed by atoms with Crippen molar-refractivity contribution in [2.45, 2.75) is 97.3 Å². The second kappa shape index (κ2) is 9.03. The van der Waals surface area contributed by atoms with Crippen LogP contribution in [-0.4, -0.2) is 27.3 Å². The molecule has 1 saturated heterocycles. The highest BCUT2D eigenvalue weighted by molar-refractivity contribution is 6.30. The molecule has 33 heavy (non-hydrogen) atoms. The zero-order chi connectivity index (χ0) is 24.8. The molecule has 0 radical (unpaired) electrons. The lowest BCUT2D eigenvalue weighted by molar-refractivity contribution is -0.124. The summed E-state index contributed by atoms with van der Waals surface area (Å²) in [5.74, 6) is -0.578. The van der Waals surface area contributed by atoms with Crippen molar-refractivity contribution in [3.8, 4) is 0 Å². The first-order chi connectivity index (χ1) is 15.1. The van der Waals surface area contributed by atoms with Gasteiger partial charge in [-0.2, -0.15) is 5.10 Å². The molecule has 1 aromatic heterocycles. The van der Waals surface area contributed by atoms with E-state index in [0.29, 0.717) is 6.42 Å². The van der Waals surface area contributed by atoms with E-state index < -0.39 is 11.9 Å². The SMILES string of the molecule is CC(C)(C)CC(C)(C)NC(=O)[C@@H]1C[C@H](c2ccn(C(C)(C)C)n2)[C@H](c2ccc(Cl)c(F)c2)N1. The molecule has 5 nitrogen and oxygen atoms in total. The number of amides is 1. The largest absolute Gasteiger partial charge is 0.350 e. The molecule has 2 heterocycles. The molecule has 3 atom stereocenters. The summed E-state index contributed by atoms with van der Waals surface area (Å²) >= 11 is 5.92. The quantitative estimate of drug-likeness (QED) is 0.560. The number of hydrogen-bond acceptors (Lipinski definition) is 3. The molecule has 7 heteroatoms. The fourth-order valence-corrected chi connectivity index (χ4v) is 5.12. The highest BCUT2D eigenvalue weighted by atomic mass is 35.5. The summed E-state index contributed by atoms with van der Waals surface area (Å²) in [6.07, 6.45) is 3.39. The third-order valence-corrected chi connectivity index (χ3v) is 6.31. The van der Waals surface area contributed by atoms with E-state index in [9.17, 15) is 9.18 Å². The normalized spacial score (nSPS) is 21.9. The Hall–Kier alpha value is -1.92. The second-order valence-corrected chi connectivity index (χ2v) is 12.6. The lowest BCUT2D eigenvalue weighted by Crippen LogP contribution is -2.51. The van der Waals surface area contributed by atoms with E-state index in [0.717, 1.165) is 17.7 Å². The highest BCUT2D eigenvalue weighted by Crippen LogP contribution is 2.41. The first-order valence-corrected chi connectivity index (χ1v) is 12.0. The van der Waals surface area contributed by atoms with Gasteiger partial charge in [-0.3, -0.25) is 14.8 Å². The van der Waals surface area contributed by atoms with Gasteiger partial charge < -0.3 is 5.32 Å². The van der Waals surface area contributed by atoms with Gasteiger partial charge in [0.2, 0.25) is 5.91 Å². The molecule has 2 N–H and O–H groups in total. The van der Waals surface area contributed by atoms with Gasteiger partial charge >= 0.3 is 0 Å². The Balaban J connectivity index is 1.89. The van der Waals surface area contributed by atoms with Crippen LogP contribution < -0.4 is 10.6 Å². The van der Waals surface area contributed by atoms with Crippen LogP contribution in [0.2, 0.25) is 5.02 Å². The number of benzene rings is 1. The lowest BCUT2D eigenvalue weighted by Gasteiger charge is -2.34. The highest BCUT2D eigenvalue weighted by Gasteiger charge is 2.42. The van der Waals surface area contributed by atoms with Crippen LogP contribution in [0.25, 0.3) is 0 Å². The summed E-state index contributed by atoms with van der Waals surface area (Å²) in [5, 5.41) is 11.6. The fourth-order valence-electron chi connectivity index (χ4n) is 5.00. The van der Waals surface area contributed by atoms with Gasteiger partial charge in [0.25, 0.3) is 0 Å². The van der Waals surface area contributed by atoms with Gasteiger partial charge in [-0.1, -0.05) is 38.4 Å². The molecular weight excluding hydrogens is 439 g/mol. The maximum absolute atomic E-state index is 14.3. The minimum atomic E-state index is -0.464. The summed E-state index contributed by atoms with van der Waals surface area (Å²) in [7, 11) is 0. The molecule has 0 unspecified atom stereocenters. The average Bonchev–Trinajstić information content (AvgIpc) is 3.27. The number of carbonyl (C=O) groups is 1. The van der Waals surface area contributed by atoms with Gasteiger partial charge in [-0.15, -0.1) is 0 Å². The maximum Gasteiger partial charge on any atom is 0.237 e. The smallest absolute Gasteiger partial charge is 0.237 e. The van der Waals surface area contributed by atoms with E-state index in [1.165, 1.54) is 6.07 Å². The predicted octanol–water partition coefficient (Wildman–Crippen LogP) is 5.95. The lowest BCUT2D eigenvalue weighted by atomic mass is 9.81. The molecule has 2 aromatic rings. The van der Waals surface area contributed by atoms with Gasteiger partial charge in [0, 0.05) is 23.7 Å². The minimum absolute atomic E-state index is 0.0403. The van der Waals surface area contributed by atoms with Gasteiger partial charge in [0.15, 0.2) is 0 Å². The monoisotopic (exact) mass is 476 g/mol. The van der Waals surface area contributed by atoms with E-state index >= 15 is 0 Å². The average molecular weight is 477 g/mol. The zero-order valence-corrected chi connectivity index (χ0v) is 21.8. The summed E-state index contributed by atoms with van der Waals surface area (Å²) in [6.45, 7) is 16.9. The predicted molar refractivity (Wildman–Crippen MR) is 132 cm³/mol. The van der Waals surface area contributed by atoms with Gasteiger partial charge in [0.05, 0.1) is 22.3 Å². The van der Waals surface area contributed by atoms with E-state index in [1.54, 1.807) is 6.07 Å². The van der Waals surface area contributed by atoms with Crippen LogP contribution in [0.5, 0.6) is 0 Å². The minimum Gasteiger partial charge on any atom is -0.350 e. The summed E-state index contributed by atoms with van der Waals surface area (Å²) in [6, 6.07) is 6.19. The standard InChI is InChI=1S/C26H38ClFN4O/c1-24(2,3)15-26(7,8)30-23(33)21-14-17(20-11-12-32(31-20)25(4,5)6)22(29-21)16-9-10-18(27)19(28)13-16/h9-13,17,21-22,29H,14-15H2,1-8H3,(H,30,33)/t17-,21+,22+/m1/s1. The Morgan fingerprint density at radius 3 is 2.39 bits per heavy atom. The van der Waals surface area contributed by atoms with Crippen molar-refractivity contribution in [1.82, 2.24) is 20.4 Å². The summed E-state index contributed by atoms with van der Waals surface area (Å²) in [5.41, 5.74) is 1.24. The fraction of sp³-hybridized carbons (Fsp3) is 0.615. The van der Waals surface area contributed by atoms with Crippen molar-refractivity contribution in [3.63, 3.8) is 0 Å². The first-order valence-electron chi connectivity index (χ1n) is 11.6. The van der Waals surface area contributed by atoms with Crippen LogP contribution in [0, 0.1) is 11.2 Å². The zero-order valence-electron chi connectivity index (χ0n) is 21.1. The first kappa shape index (κ1) is 25.7. The van der Waals surface area contributed by atoms with Crippen LogP contribution in [0.4, 0.5) is 4.39 Å². The molecule has 3 rings (SSSR count). The topological polar surface area (TPSA) is 59.0 Å². The van der Waals surface area contributed by atoms with Crippen molar-refractivity contribution in [2.75, 3.05) is 0 Å². The van der Waals surface area contributed by atoms with E-state index in [1.807, 2.05) is 23.0 Å². The van der Waals surface area contributed by atoms with Crippen LogP contribution in [0.3, 0.4) is 0 Å². The van der Waals surface area contributed by atoms with Crippen molar-refractivity contribution in [1.29, 1.82) is 0 Å². The Kier molecular flexibility index (Phi) is 7.03. The molecule has 0 aliphatic carbocycles. The van der Waals surface area contributed by atoms with Gasteiger partial charge in [0.1, 0.15) is 5.82 Å². The molecule has 182 valence electrons. The van der Waals surface area contributed by atoms with Crippen LogP contribution >= 0.6 is 11.6 Å². The van der Waals surface area contributed by atoms with Crippen molar-refractivity contribution in [2.24, 2.45) is 5.41 Å². The Labute approximate surface area is 202 Å². The van der Waals surface area contributed by atoms with Gasteiger partial charge in [-0.05, 0) is 76.6 Å². The van der Waals surface area contributed by atoms with Gasteiger partial charge in [-0.25, -0.2) is 4.39 Å². The molecule has 1 aliphatic heterocycles. The van der Waals surface area contributed by atoms with Crippen LogP contribution in [-0.2, 0) is 10.3 Å². The maximum atomic E-state index is 14.3. The third kappa shape index (κ3) is 6.36. The number of rotatable bonds is 5. The van der Waals surface area contributed by atoms with E-state index in [-0.39, 0.29) is 39.4 Å². The van der Waals surface area contributed by atoms with Crippen LogP contribution in [0.1, 0.15) is 91.4 Å². The number of nitrogens with zero attached hydrogens (tertiary/aromatic N) is 2. The second-order valence-electron chi connectivity index (χ2n) is 12.2. The van der Waals surface area contributed by atoms with E-state index in [2.05, 4.69) is 66.0 Å². The number of halogens is 2. The number of hydrogen-bond donors (Lipinski definition) is 2. The Morgan fingerprint density at radius 1 is 1.18 bits per heavy atom. The molecule has 1 fully saturated rings. The van der Waals surface area contributed by atoms with Crippen LogP contribution in [0.15, 0.2) is 30.5 Å². The van der Waals surface area contributed by atoms with E-state index in [4.69, 9.17) is 16.7 Å². The molecule has 0 bridgehead atoms. The molecule has 0 spiro atoms.